The van der Waals surface area contributed by atoms with Gasteiger partial charge in [-0.3, -0.25) is 14.9 Å². The first-order chi connectivity index (χ1) is 21.6. The molecule has 0 unspecified atom stereocenters. The van der Waals surface area contributed by atoms with Crippen LogP contribution >= 0.6 is 11.3 Å². The second-order valence-electron chi connectivity index (χ2n) is 10.2. The number of nitro groups is 1. The molecule has 230 valence electrons. The minimum absolute atomic E-state index is 0.0525. The standard InChI is InChI=1S/C32H29N5O6S2/c1-22(2)35(21-24-7-5-4-6-8-24)45(41,42)28-16-11-25(12-17-28)31(38)36(33-20-23-9-13-26(14-10-23)37(39)40)32-34-29-18-15-27(43-3)19-30(29)44-32/h4-20,22H,21H2,1-3H3/b33-20+. The van der Waals surface area contributed by atoms with Crippen LogP contribution in [-0.2, 0) is 16.6 Å². The van der Waals surface area contributed by atoms with E-state index in [0.29, 0.717) is 16.8 Å². The van der Waals surface area contributed by atoms with E-state index in [1.165, 1.54) is 70.4 Å². The summed E-state index contributed by atoms with van der Waals surface area (Å²) in [6.45, 7) is 3.83. The van der Waals surface area contributed by atoms with Crippen molar-refractivity contribution in [3.63, 3.8) is 0 Å². The van der Waals surface area contributed by atoms with Crippen molar-refractivity contribution >= 4 is 54.5 Å². The van der Waals surface area contributed by atoms with E-state index in [0.717, 1.165) is 15.3 Å². The number of hydrogen-bond acceptors (Lipinski definition) is 9. The van der Waals surface area contributed by atoms with Gasteiger partial charge < -0.3 is 4.74 Å². The molecule has 0 bridgehead atoms. The van der Waals surface area contributed by atoms with Crippen LogP contribution in [0.25, 0.3) is 10.2 Å². The Morgan fingerprint density at radius 3 is 2.33 bits per heavy atom. The van der Waals surface area contributed by atoms with Gasteiger partial charge in [0.25, 0.3) is 11.6 Å². The van der Waals surface area contributed by atoms with Crippen LogP contribution in [-0.4, -0.2) is 47.9 Å². The third-order valence-electron chi connectivity index (χ3n) is 6.85. The number of nitrogens with zero attached hydrogens (tertiary/aromatic N) is 5. The highest BCUT2D eigenvalue weighted by atomic mass is 32.2. The van der Waals surface area contributed by atoms with E-state index in [1.54, 1.807) is 25.3 Å². The van der Waals surface area contributed by atoms with Crippen LogP contribution in [0.15, 0.2) is 107 Å². The van der Waals surface area contributed by atoms with Crippen molar-refractivity contribution in [3.05, 3.63) is 124 Å². The van der Waals surface area contributed by atoms with Crippen LogP contribution in [0.2, 0.25) is 0 Å². The van der Waals surface area contributed by atoms with E-state index in [4.69, 9.17) is 4.74 Å². The van der Waals surface area contributed by atoms with Crippen molar-refractivity contribution in [2.24, 2.45) is 5.10 Å². The number of fused-ring (bicyclic) bond motifs is 1. The Labute approximate surface area is 264 Å². The molecule has 13 heteroatoms. The van der Waals surface area contributed by atoms with Gasteiger partial charge in [-0.05, 0) is 79.6 Å². The molecule has 4 aromatic carbocycles. The fourth-order valence-corrected chi connectivity index (χ4v) is 7.02. The molecule has 5 aromatic rings. The van der Waals surface area contributed by atoms with Gasteiger partial charge in [-0.1, -0.05) is 41.7 Å². The molecular weight excluding hydrogens is 615 g/mol. The van der Waals surface area contributed by atoms with Crippen molar-refractivity contribution in [2.75, 3.05) is 12.1 Å². The molecule has 1 heterocycles. The zero-order valence-corrected chi connectivity index (χ0v) is 26.2. The topological polar surface area (TPSA) is 135 Å². The third-order valence-corrected chi connectivity index (χ3v) is 9.88. The number of benzene rings is 4. The fourth-order valence-electron chi connectivity index (χ4n) is 4.44. The molecule has 5 rings (SSSR count). The van der Waals surface area contributed by atoms with Crippen LogP contribution in [0.1, 0.15) is 35.3 Å². The minimum Gasteiger partial charge on any atom is -0.497 e. The summed E-state index contributed by atoms with van der Waals surface area (Å²) < 4.78 is 34.8. The molecule has 0 fully saturated rings. The number of thiazole rings is 1. The van der Waals surface area contributed by atoms with Gasteiger partial charge in [0.05, 0.1) is 33.4 Å². The lowest BCUT2D eigenvalue weighted by atomic mass is 10.2. The molecule has 1 aromatic heterocycles. The largest absolute Gasteiger partial charge is 0.497 e. The van der Waals surface area contributed by atoms with Crippen molar-refractivity contribution in [1.29, 1.82) is 0 Å². The van der Waals surface area contributed by atoms with Crippen molar-refractivity contribution in [2.45, 2.75) is 31.3 Å². The smallest absolute Gasteiger partial charge is 0.280 e. The van der Waals surface area contributed by atoms with Crippen LogP contribution < -0.4 is 9.75 Å². The fraction of sp³-hybridized carbons (Fsp3) is 0.156. The summed E-state index contributed by atoms with van der Waals surface area (Å²) in [5, 5.41) is 16.8. The molecule has 0 radical (unpaired) electrons. The second-order valence-corrected chi connectivity index (χ2v) is 13.1. The summed E-state index contributed by atoms with van der Waals surface area (Å²) >= 11 is 1.22. The minimum atomic E-state index is -3.88. The molecule has 0 saturated heterocycles. The maximum Gasteiger partial charge on any atom is 0.280 e. The zero-order chi connectivity index (χ0) is 32.1. The van der Waals surface area contributed by atoms with Gasteiger partial charge in [-0.2, -0.15) is 14.4 Å². The Hall–Kier alpha value is -4.98. The van der Waals surface area contributed by atoms with Gasteiger partial charge in [0.15, 0.2) is 0 Å². The first kappa shape index (κ1) is 31.4. The van der Waals surface area contributed by atoms with E-state index >= 15 is 0 Å². The quantitative estimate of drug-likeness (QED) is 0.0912. The molecule has 11 nitrogen and oxygen atoms in total. The Bertz CT molecular complexity index is 1960. The van der Waals surface area contributed by atoms with Gasteiger partial charge in [-0.15, -0.1) is 0 Å². The summed E-state index contributed by atoms with van der Waals surface area (Å²) in [6.07, 6.45) is 1.40. The van der Waals surface area contributed by atoms with Gasteiger partial charge in [-0.25, -0.2) is 13.4 Å². The highest BCUT2D eigenvalue weighted by molar-refractivity contribution is 7.89. The maximum atomic E-state index is 13.9. The normalized spacial score (nSPS) is 11.8. The third kappa shape index (κ3) is 7.06. The lowest BCUT2D eigenvalue weighted by Gasteiger charge is -2.26. The lowest BCUT2D eigenvalue weighted by Crippen LogP contribution is -2.36. The number of non-ortho nitro benzene ring substituents is 1. The number of ether oxygens (including phenoxy) is 1. The van der Waals surface area contributed by atoms with Crippen LogP contribution in [0.4, 0.5) is 10.8 Å². The van der Waals surface area contributed by atoms with E-state index in [-0.39, 0.29) is 33.9 Å². The summed E-state index contributed by atoms with van der Waals surface area (Å²) in [7, 11) is -2.33. The first-order valence-corrected chi connectivity index (χ1v) is 16.1. The van der Waals surface area contributed by atoms with Gasteiger partial charge in [0.2, 0.25) is 15.2 Å². The number of nitro benzene ring substituents is 1. The average molecular weight is 644 g/mol. The number of hydrogen-bond donors (Lipinski definition) is 0. The number of carbonyl (C=O) groups is 1. The van der Waals surface area contributed by atoms with Gasteiger partial charge in [0, 0.05) is 30.3 Å². The van der Waals surface area contributed by atoms with Crippen molar-refractivity contribution in [1.82, 2.24) is 9.29 Å². The van der Waals surface area contributed by atoms with Gasteiger partial charge >= 0.3 is 0 Å². The van der Waals surface area contributed by atoms with E-state index in [9.17, 15) is 23.3 Å². The number of rotatable bonds is 11. The molecule has 0 aliphatic rings. The SMILES string of the molecule is COc1ccc2nc(N(/N=C/c3ccc([N+](=O)[O-])cc3)C(=O)c3ccc(S(=O)(=O)N(Cc4ccccc4)C(C)C)cc3)sc2c1. The number of anilines is 1. The highest BCUT2D eigenvalue weighted by Gasteiger charge is 2.28. The van der Waals surface area contributed by atoms with Crippen molar-refractivity contribution < 1.29 is 22.9 Å². The summed E-state index contributed by atoms with van der Waals surface area (Å²) in [6, 6.07) is 25.8. The van der Waals surface area contributed by atoms with Crippen molar-refractivity contribution in [3.8, 4) is 5.75 Å². The monoisotopic (exact) mass is 643 g/mol. The van der Waals surface area contributed by atoms with Crippen LogP contribution in [0.5, 0.6) is 5.75 Å². The molecule has 0 aliphatic carbocycles. The molecule has 45 heavy (non-hydrogen) atoms. The first-order valence-electron chi connectivity index (χ1n) is 13.8. The molecule has 0 spiro atoms. The van der Waals surface area contributed by atoms with E-state index in [2.05, 4.69) is 10.1 Å². The Balaban J connectivity index is 1.47. The van der Waals surface area contributed by atoms with Crippen LogP contribution in [0, 0.1) is 10.1 Å². The summed E-state index contributed by atoms with van der Waals surface area (Å²) in [5.41, 5.74) is 2.12. The van der Waals surface area contributed by atoms with Crippen LogP contribution in [0.3, 0.4) is 0 Å². The number of aromatic nitrogens is 1. The lowest BCUT2D eigenvalue weighted by molar-refractivity contribution is -0.384. The molecule has 0 N–H and O–H groups in total. The summed E-state index contributed by atoms with van der Waals surface area (Å²) in [5.74, 6) is 0.0811. The van der Waals surface area contributed by atoms with Gasteiger partial charge in [0.1, 0.15) is 5.75 Å². The predicted octanol–water partition coefficient (Wildman–Crippen LogP) is 6.49. The highest BCUT2D eigenvalue weighted by Crippen LogP contribution is 2.33. The second kappa shape index (κ2) is 13.3. The molecular formula is C32H29N5O6S2. The predicted molar refractivity (Wildman–Crippen MR) is 174 cm³/mol. The molecule has 0 aliphatic heterocycles. The Kier molecular flexibility index (Phi) is 9.32. The number of methoxy groups -OCH3 is 1. The number of amides is 1. The number of carbonyl (C=O) groups excluding carboxylic acids is 1. The molecule has 0 atom stereocenters. The summed E-state index contributed by atoms with van der Waals surface area (Å²) in [4.78, 5) is 29.0. The maximum absolute atomic E-state index is 13.9. The Morgan fingerprint density at radius 1 is 1.02 bits per heavy atom. The molecule has 1 amide bonds. The van der Waals surface area contributed by atoms with E-state index in [1.807, 2.05) is 44.2 Å². The number of hydrazone groups is 1. The van der Waals surface area contributed by atoms with E-state index < -0.39 is 20.9 Å². The zero-order valence-electron chi connectivity index (χ0n) is 24.6. The Morgan fingerprint density at radius 2 is 1.71 bits per heavy atom. The molecule has 0 saturated carbocycles. The number of sulfonamides is 1. The average Bonchev–Trinajstić information content (AvgIpc) is 3.47.